The van der Waals surface area contributed by atoms with E-state index >= 15 is 0 Å². The van der Waals surface area contributed by atoms with Gasteiger partial charge in [-0.05, 0) is 67.4 Å². The summed E-state index contributed by atoms with van der Waals surface area (Å²) in [5, 5.41) is 7.56. The highest BCUT2D eigenvalue weighted by atomic mass is 16.5. The Labute approximate surface area is 209 Å². The van der Waals surface area contributed by atoms with E-state index in [9.17, 15) is 4.79 Å². The first-order valence-corrected chi connectivity index (χ1v) is 12.0. The molecule has 0 aliphatic carbocycles. The van der Waals surface area contributed by atoms with Crippen LogP contribution in [0.4, 0.5) is 0 Å². The number of ether oxygens (including phenoxy) is 3. The fraction of sp³-hybridized carbons (Fsp3) is 0.250. The van der Waals surface area contributed by atoms with Gasteiger partial charge in [-0.15, -0.1) is 0 Å². The Morgan fingerprint density at radius 3 is 2.47 bits per heavy atom. The van der Waals surface area contributed by atoms with Crippen LogP contribution in [0.1, 0.15) is 47.1 Å². The van der Waals surface area contributed by atoms with E-state index in [0.717, 1.165) is 33.7 Å². The minimum Gasteiger partial charge on any atom is -0.497 e. The van der Waals surface area contributed by atoms with Crippen LogP contribution in [0.15, 0.2) is 67.0 Å². The fourth-order valence-electron chi connectivity index (χ4n) is 4.60. The van der Waals surface area contributed by atoms with Gasteiger partial charge in [-0.2, -0.15) is 5.10 Å². The topological polar surface area (TPSA) is 89.6 Å². The highest BCUT2D eigenvalue weighted by Crippen LogP contribution is 2.45. The number of nitrogens with zero attached hydrogens (tertiary/aromatic N) is 3. The molecule has 0 saturated heterocycles. The molecule has 4 aromatic rings. The maximum atomic E-state index is 13.7. The number of fused-ring (bicyclic) bond motifs is 1. The number of aromatic amines is 1. The molecule has 8 nitrogen and oxygen atoms in total. The summed E-state index contributed by atoms with van der Waals surface area (Å²) in [6, 6.07) is 17.0. The number of benzene rings is 2. The summed E-state index contributed by atoms with van der Waals surface area (Å²) < 4.78 is 17.0. The maximum absolute atomic E-state index is 13.7. The molecule has 0 fully saturated rings. The summed E-state index contributed by atoms with van der Waals surface area (Å²) in [6.45, 7) is 5.31. The molecule has 1 atom stereocenters. The first-order valence-electron chi connectivity index (χ1n) is 12.0. The van der Waals surface area contributed by atoms with Gasteiger partial charge >= 0.3 is 0 Å². The normalized spacial score (nSPS) is 14.6. The van der Waals surface area contributed by atoms with Crippen LogP contribution >= 0.6 is 0 Å². The van der Waals surface area contributed by atoms with Crippen LogP contribution in [-0.4, -0.2) is 46.3 Å². The molecule has 36 heavy (non-hydrogen) atoms. The lowest BCUT2D eigenvalue weighted by Crippen LogP contribution is -2.29. The third kappa shape index (κ3) is 4.26. The van der Waals surface area contributed by atoms with Crippen LogP contribution in [-0.2, 0) is 6.54 Å². The van der Waals surface area contributed by atoms with Crippen LogP contribution in [0.25, 0.3) is 11.3 Å². The SMILES string of the molecule is CCOc1ccc(C2c3c(-c4ccc(OC)cc4)n[nH]c3C(=O)N2Cc2cccnc2)cc1OCC. The molecule has 0 spiro atoms. The average molecular weight is 485 g/mol. The van der Waals surface area contributed by atoms with E-state index in [-0.39, 0.29) is 11.9 Å². The van der Waals surface area contributed by atoms with Gasteiger partial charge in [0.05, 0.1) is 32.1 Å². The number of aromatic nitrogens is 3. The van der Waals surface area contributed by atoms with E-state index in [2.05, 4.69) is 15.2 Å². The predicted octanol–water partition coefficient (Wildman–Crippen LogP) is 5.02. The molecule has 0 bridgehead atoms. The number of pyridine rings is 1. The molecule has 0 radical (unpaired) electrons. The zero-order chi connectivity index (χ0) is 25.1. The average Bonchev–Trinajstić information content (AvgIpc) is 3.45. The highest BCUT2D eigenvalue weighted by Gasteiger charge is 2.42. The van der Waals surface area contributed by atoms with Gasteiger partial charge < -0.3 is 19.1 Å². The Morgan fingerprint density at radius 2 is 1.78 bits per heavy atom. The van der Waals surface area contributed by atoms with Gasteiger partial charge in [0, 0.05) is 30.1 Å². The summed E-state index contributed by atoms with van der Waals surface area (Å²) >= 11 is 0. The highest BCUT2D eigenvalue weighted by molar-refractivity contribution is 6.00. The lowest BCUT2D eigenvalue weighted by atomic mass is 9.95. The van der Waals surface area contributed by atoms with Crippen molar-refractivity contribution < 1.29 is 19.0 Å². The smallest absolute Gasteiger partial charge is 0.273 e. The number of nitrogens with one attached hydrogen (secondary N) is 1. The van der Waals surface area contributed by atoms with Crippen molar-refractivity contribution in [3.63, 3.8) is 0 Å². The van der Waals surface area contributed by atoms with Crippen molar-refractivity contribution in [2.45, 2.75) is 26.4 Å². The molecule has 184 valence electrons. The van der Waals surface area contributed by atoms with Crippen molar-refractivity contribution in [3.8, 4) is 28.5 Å². The van der Waals surface area contributed by atoms with Gasteiger partial charge in [-0.3, -0.25) is 14.9 Å². The van der Waals surface area contributed by atoms with Crippen molar-refractivity contribution in [2.24, 2.45) is 0 Å². The van der Waals surface area contributed by atoms with Crippen LogP contribution < -0.4 is 14.2 Å². The molecule has 1 unspecified atom stereocenters. The van der Waals surface area contributed by atoms with E-state index in [4.69, 9.17) is 14.2 Å². The second-order valence-electron chi connectivity index (χ2n) is 8.36. The molecule has 1 aliphatic heterocycles. The standard InChI is InChI=1S/C28H28N4O4/c1-4-35-22-13-10-20(15-23(22)36-5-2)27-24-25(19-8-11-21(34-3)12-9-19)30-31-26(24)28(33)32(27)17-18-7-6-14-29-16-18/h6-16,27H,4-5,17H2,1-3H3,(H,30,31). The van der Waals surface area contributed by atoms with E-state index in [0.29, 0.717) is 37.0 Å². The minimum absolute atomic E-state index is 0.113. The number of hydrogen-bond donors (Lipinski definition) is 1. The third-order valence-corrected chi connectivity index (χ3v) is 6.19. The molecule has 2 aromatic heterocycles. The van der Waals surface area contributed by atoms with E-state index in [1.54, 1.807) is 19.5 Å². The van der Waals surface area contributed by atoms with Crippen LogP contribution in [0.5, 0.6) is 17.2 Å². The van der Waals surface area contributed by atoms with Gasteiger partial charge in [0.2, 0.25) is 0 Å². The van der Waals surface area contributed by atoms with Gasteiger partial charge in [-0.25, -0.2) is 0 Å². The van der Waals surface area contributed by atoms with Gasteiger partial charge in [0.15, 0.2) is 11.5 Å². The number of hydrogen-bond acceptors (Lipinski definition) is 6. The molecular weight excluding hydrogens is 456 g/mol. The molecule has 3 heterocycles. The lowest BCUT2D eigenvalue weighted by molar-refractivity contribution is 0.0729. The van der Waals surface area contributed by atoms with Gasteiger partial charge in [-0.1, -0.05) is 12.1 Å². The van der Waals surface area contributed by atoms with Gasteiger partial charge in [0.25, 0.3) is 5.91 Å². The summed E-state index contributed by atoms with van der Waals surface area (Å²) in [7, 11) is 1.63. The Hall–Kier alpha value is -4.33. The Kier molecular flexibility index (Phi) is 6.58. The molecule has 1 amide bonds. The summed E-state index contributed by atoms with van der Waals surface area (Å²) in [6.07, 6.45) is 3.51. The van der Waals surface area contributed by atoms with Crippen LogP contribution in [0.2, 0.25) is 0 Å². The second-order valence-corrected chi connectivity index (χ2v) is 8.36. The Morgan fingerprint density at radius 1 is 1.00 bits per heavy atom. The number of rotatable bonds is 9. The quantitative estimate of drug-likeness (QED) is 0.359. The number of amides is 1. The molecular formula is C28H28N4O4. The Balaban J connectivity index is 1.64. The van der Waals surface area contributed by atoms with Crippen molar-refractivity contribution in [1.82, 2.24) is 20.1 Å². The van der Waals surface area contributed by atoms with Crippen molar-refractivity contribution in [1.29, 1.82) is 0 Å². The van der Waals surface area contributed by atoms with Crippen LogP contribution in [0, 0.1) is 0 Å². The number of H-pyrrole nitrogens is 1. The molecule has 1 N–H and O–H groups in total. The zero-order valence-electron chi connectivity index (χ0n) is 20.5. The third-order valence-electron chi connectivity index (χ3n) is 6.19. The van der Waals surface area contributed by atoms with Crippen molar-refractivity contribution in [2.75, 3.05) is 20.3 Å². The van der Waals surface area contributed by atoms with Crippen molar-refractivity contribution >= 4 is 5.91 Å². The number of carbonyl (C=O) groups excluding carboxylic acids is 1. The number of methoxy groups -OCH3 is 1. The lowest BCUT2D eigenvalue weighted by Gasteiger charge is -2.27. The molecule has 0 saturated carbocycles. The monoisotopic (exact) mass is 484 g/mol. The van der Waals surface area contributed by atoms with Gasteiger partial charge in [0.1, 0.15) is 11.4 Å². The van der Waals surface area contributed by atoms with E-state index in [1.165, 1.54) is 0 Å². The second kappa shape index (κ2) is 10.1. The van der Waals surface area contributed by atoms with Crippen molar-refractivity contribution in [3.05, 3.63) is 89.4 Å². The predicted molar refractivity (Wildman–Crippen MR) is 135 cm³/mol. The van der Waals surface area contributed by atoms with E-state index < -0.39 is 0 Å². The largest absolute Gasteiger partial charge is 0.497 e. The molecule has 2 aromatic carbocycles. The van der Waals surface area contributed by atoms with E-state index in [1.807, 2.05) is 73.3 Å². The first kappa shape index (κ1) is 23.4. The molecule has 8 heteroatoms. The molecule has 1 aliphatic rings. The summed E-state index contributed by atoms with van der Waals surface area (Å²) in [4.78, 5) is 19.7. The fourth-order valence-corrected chi connectivity index (χ4v) is 4.60. The maximum Gasteiger partial charge on any atom is 0.273 e. The minimum atomic E-state index is -0.376. The number of carbonyl (C=O) groups is 1. The first-order chi connectivity index (χ1) is 17.6. The Bertz CT molecular complexity index is 1350. The summed E-state index contributed by atoms with van der Waals surface area (Å²) in [5.41, 5.74) is 4.80. The molecule has 5 rings (SSSR count). The summed E-state index contributed by atoms with van der Waals surface area (Å²) in [5.74, 6) is 1.96. The van der Waals surface area contributed by atoms with Crippen LogP contribution in [0.3, 0.4) is 0 Å². The zero-order valence-corrected chi connectivity index (χ0v) is 20.5.